The summed E-state index contributed by atoms with van der Waals surface area (Å²) in [6.45, 7) is 5.30. The molecule has 1 aliphatic rings. The molecule has 0 amide bonds. The fraction of sp³-hybridized carbons (Fsp3) is 0.300. The zero-order valence-electron chi connectivity index (χ0n) is 15.9. The van der Waals surface area contributed by atoms with E-state index in [9.17, 15) is 13.2 Å². The number of sulfone groups is 1. The molecule has 142 valence electrons. The summed E-state index contributed by atoms with van der Waals surface area (Å²) in [6.07, 6.45) is 2.39. The summed E-state index contributed by atoms with van der Waals surface area (Å²) in [5.41, 5.74) is 1.37. The number of Topliss-reactive ketones (excluding diaryl/α,β-unsaturated/α-hetero) is 1. The lowest BCUT2D eigenvalue weighted by Gasteiger charge is -2.17. The van der Waals surface area contributed by atoms with E-state index in [2.05, 4.69) is 4.98 Å². The lowest BCUT2D eigenvalue weighted by Crippen LogP contribution is -2.29. The number of carbonyl (C=O) groups is 1. The van der Waals surface area contributed by atoms with Gasteiger partial charge in [0.1, 0.15) is 11.4 Å². The minimum absolute atomic E-state index is 0.106. The lowest BCUT2D eigenvalue weighted by atomic mass is 9.92. The minimum atomic E-state index is -3.36. The highest BCUT2D eigenvalue weighted by atomic mass is 32.2. The SMILES string of the molecule is COc1cc(C)cc(C2=C(c3ccc(S(C)(=O)=O)cn3)OC(C)(C)C2=O)c1. The van der Waals surface area contributed by atoms with E-state index < -0.39 is 15.4 Å². The normalized spacial score (nSPS) is 16.4. The van der Waals surface area contributed by atoms with Crippen molar-refractivity contribution in [3.8, 4) is 5.75 Å². The third kappa shape index (κ3) is 3.60. The number of pyridine rings is 1. The third-order valence-electron chi connectivity index (χ3n) is 4.33. The van der Waals surface area contributed by atoms with Crippen LogP contribution in [0.5, 0.6) is 5.75 Å². The summed E-state index contributed by atoms with van der Waals surface area (Å²) in [5, 5.41) is 0. The van der Waals surface area contributed by atoms with Gasteiger partial charge in [-0.3, -0.25) is 9.78 Å². The average Bonchev–Trinajstić information content (AvgIpc) is 2.83. The first-order chi connectivity index (χ1) is 12.5. The molecule has 7 heteroatoms. The van der Waals surface area contributed by atoms with Crippen LogP contribution in [0.4, 0.5) is 0 Å². The van der Waals surface area contributed by atoms with Crippen LogP contribution < -0.4 is 4.74 Å². The molecule has 0 atom stereocenters. The van der Waals surface area contributed by atoms with Crippen LogP contribution in [0, 0.1) is 6.92 Å². The number of benzene rings is 1. The lowest BCUT2D eigenvalue weighted by molar-refractivity contribution is -0.125. The Bertz CT molecular complexity index is 1050. The van der Waals surface area contributed by atoms with Crippen molar-refractivity contribution >= 4 is 27.0 Å². The van der Waals surface area contributed by atoms with Crippen LogP contribution in [-0.2, 0) is 19.4 Å². The summed E-state index contributed by atoms with van der Waals surface area (Å²) < 4.78 is 34.6. The van der Waals surface area contributed by atoms with E-state index >= 15 is 0 Å². The summed E-state index contributed by atoms with van der Waals surface area (Å²) in [5.74, 6) is 0.798. The van der Waals surface area contributed by atoms with Gasteiger partial charge in [-0.2, -0.15) is 0 Å². The van der Waals surface area contributed by atoms with Crippen LogP contribution >= 0.6 is 0 Å². The van der Waals surface area contributed by atoms with Gasteiger partial charge in [0.25, 0.3) is 0 Å². The van der Waals surface area contributed by atoms with Crippen molar-refractivity contribution in [3.05, 3.63) is 53.3 Å². The molecule has 27 heavy (non-hydrogen) atoms. The molecule has 0 unspecified atom stereocenters. The Hall–Kier alpha value is -2.67. The zero-order chi connectivity index (χ0) is 20.0. The Balaban J connectivity index is 2.20. The van der Waals surface area contributed by atoms with Crippen molar-refractivity contribution in [1.29, 1.82) is 0 Å². The van der Waals surface area contributed by atoms with Gasteiger partial charge in [0.15, 0.2) is 21.2 Å². The number of hydrogen-bond acceptors (Lipinski definition) is 6. The predicted octanol–water partition coefficient (Wildman–Crippen LogP) is 3.05. The van der Waals surface area contributed by atoms with Gasteiger partial charge >= 0.3 is 0 Å². The second-order valence-electron chi connectivity index (χ2n) is 7.04. The molecule has 0 saturated carbocycles. The van der Waals surface area contributed by atoms with Gasteiger partial charge in [0.05, 0.1) is 17.6 Å². The molecule has 0 bridgehead atoms. The maximum absolute atomic E-state index is 13.0. The van der Waals surface area contributed by atoms with Crippen molar-refractivity contribution in [3.63, 3.8) is 0 Å². The van der Waals surface area contributed by atoms with E-state index in [1.54, 1.807) is 33.1 Å². The van der Waals surface area contributed by atoms with Crippen molar-refractivity contribution in [2.75, 3.05) is 13.4 Å². The minimum Gasteiger partial charge on any atom is -0.497 e. The molecular weight excluding hydrogens is 366 g/mol. The molecule has 0 spiro atoms. The molecule has 2 heterocycles. The Kier molecular flexibility index (Phi) is 4.59. The molecule has 3 rings (SSSR count). The smallest absolute Gasteiger partial charge is 0.210 e. The van der Waals surface area contributed by atoms with Gasteiger partial charge in [-0.25, -0.2) is 8.42 Å². The number of hydrogen-bond donors (Lipinski definition) is 0. The quantitative estimate of drug-likeness (QED) is 0.802. The highest BCUT2D eigenvalue weighted by Crippen LogP contribution is 2.41. The monoisotopic (exact) mass is 387 g/mol. The number of rotatable bonds is 4. The predicted molar refractivity (Wildman–Crippen MR) is 102 cm³/mol. The third-order valence-corrected chi connectivity index (χ3v) is 5.43. The zero-order valence-corrected chi connectivity index (χ0v) is 16.7. The van der Waals surface area contributed by atoms with Gasteiger partial charge in [-0.05, 0) is 56.2 Å². The maximum atomic E-state index is 13.0. The van der Waals surface area contributed by atoms with E-state index in [1.165, 1.54) is 12.3 Å². The summed E-state index contributed by atoms with van der Waals surface area (Å²) in [7, 11) is -1.79. The molecule has 1 aromatic carbocycles. The number of ether oxygens (including phenoxy) is 2. The first-order valence-corrected chi connectivity index (χ1v) is 10.2. The standard InChI is InChI=1S/C20H21NO5S/c1-12-8-13(10-14(9-12)25-4)17-18(26-20(2,3)19(17)22)16-7-6-15(11-21-16)27(5,23)24/h6-11H,1-5H3. The first-order valence-electron chi connectivity index (χ1n) is 8.33. The van der Waals surface area contributed by atoms with Gasteiger partial charge in [-0.15, -0.1) is 0 Å². The van der Waals surface area contributed by atoms with Gasteiger partial charge in [0.2, 0.25) is 5.78 Å². The van der Waals surface area contributed by atoms with Crippen LogP contribution in [-0.4, -0.2) is 38.2 Å². The van der Waals surface area contributed by atoms with Gasteiger partial charge in [0, 0.05) is 12.5 Å². The number of nitrogens with zero attached hydrogens (tertiary/aromatic N) is 1. The Labute approximate surface area is 158 Å². The number of ketones is 1. The first kappa shape index (κ1) is 19.1. The van der Waals surface area contributed by atoms with Gasteiger partial charge < -0.3 is 9.47 Å². The van der Waals surface area contributed by atoms with Crippen molar-refractivity contribution < 1.29 is 22.7 Å². The van der Waals surface area contributed by atoms with E-state index in [0.29, 0.717) is 28.3 Å². The highest BCUT2D eigenvalue weighted by molar-refractivity contribution is 7.90. The van der Waals surface area contributed by atoms with Crippen LogP contribution in [0.2, 0.25) is 0 Å². The topological polar surface area (TPSA) is 82.6 Å². The molecule has 0 aliphatic carbocycles. The van der Waals surface area contributed by atoms with Crippen LogP contribution in [0.1, 0.15) is 30.7 Å². The second-order valence-corrected chi connectivity index (χ2v) is 9.05. The highest BCUT2D eigenvalue weighted by Gasteiger charge is 2.43. The van der Waals surface area contributed by atoms with Crippen molar-refractivity contribution in [1.82, 2.24) is 4.98 Å². The van der Waals surface area contributed by atoms with Crippen molar-refractivity contribution in [2.24, 2.45) is 0 Å². The molecular formula is C20H21NO5S. The molecule has 0 saturated heterocycles. The van der Waals surface area contributed by atoms with Crippen LogP contribution in [0.15, 0.2) is 41.4 Å². The molecule has 0 radical (unpaired) electrons. The van der Waals surface area contributed by atoms with Gasteiger partial charge in [-0.1, -0.05) is 6.07 Å². The molecule has 1 aromatic heterocycles. The number of aryl methyl sites for hydroxylation is 1. The fourth-order valence-electron chi connectivity index (χ4n) is 2.94. The van der Waals surface area contributed by atoms with E-state index in [4.69, 9.17) is 9.47 Å². The van der Waals surface area contributed by atoms with Crippen LogP contribution in [0.3, 0.4) is 0 Å². The number of methoxy groups -OCH3 is 1. The maximum Gasteiger partial charge on any atom is 0.210 e. The molecule has 0 fully saturated rings. The largest absolute Gasteiger partial charge is 0.497 e. The molecule has 0 N–H and O–H groups in total. The van der Waals surface area contributed by atoms with E-state index in [-0.39, 0.29) is 10.7 Å². The van der Waals surface area contributed by atoms with Crippen molar-refractivity contribution in [2.45, 2.75) is 31.3 Å². The molecule has 2 aromatic rings. The Morgan fingerprint density at radius 1 is 1.15 bits per heavy atom. The summed E-state index contributed by atoms with van der Waals surface area (Å²) in [4.78, 5) is 17.3. The average molecular weight is 387 g/mol. The van der Waals surface area contributed by atoms with E-state index in [0.717, 1.165) is 11.8 Å². The summed E-state index contributed by atoms with van der Waals surface area (Å²) in [6, 6.07) is 8.53. The molecule has 6 nitrogen and oxygen atoms in total. The van der Waals surface area contributed by atoms with Crippen LogP contribution in [0.25, 0.3) is 11.3 Å². The van der Waals surface area contributed by atoms with E-state index in [1.807, 2.05) is 19.1 Å². The Morgan fingerprint density at radius 3 is 2.41 bits per heavy atom. The summed E-state index contributed by atoms with van der Waals surface area (Å²) >= 11 is 0. The molecule has 1 aliphatic heterocycles. The Morgan fingerprint density at radius 2 is 1.85 bits per heavy atom. The number of aromatic nitrogens is 1. The fourth-order valence-corrected chi connectivity index (χ4v) is 3.50. The second kappa shape index (κ2) is 6.49. The number of carbonyl (C=O) groups excluding carboxylic acids is 1.